The second kappa shape index (κ2) is 10.1. The Morgan fingerprint density at radius 2 is 1.97 bits per heavy atom. The van der Waals surface area contributed by atoms with Crippen molar-refractivity contribution in [2.45, 2.75) is 44.3 Å². The molecule has 0 atom stereocenters. The van der Waals surface area contributed by atoms with Crippen LogP contribution in [0.4, 0.5) is 5.00 Å². The zero-order valence-corrected chi connectivity index (χ0v) is 18.8. The van der Waals surface area contributed by atoms with Gasteiger partial charge in [0.25, 0.3) is 5.22 Å². The first-order valence-electron chi connectivity index (χ1n) is 10.3. The third-order valence-electron chi connectivity index (χ3n) is 4.91. The smallest absolute Gasteiger partial charge is 0.341 e. The monoisotopic (exact) mass is 457 g/mol. The second-order valence-electron chi connectivity index (χ2n) is 7.07. The first-order chi connectivity index (χ1) is 15.2. The Morgan fingerprint density at radius 3 is 2.77 bits per heavy atom. The average Bonchev–Trinajstić information content (AvgIpc) is 3.31. The molecule has 3 aromatic rings. The van der Waals surface area contributed by atoms with Crippen molar-refractivity contribution in [2.24, 2.45) is 0 Å². The molecule has 0 fully saturated rings. The lowest BCUT2D eigenvalue weighted by molar-refractivity contribution is -0.113. The SMILES string of the molecule is CCOC(=O)c1c(NC(=O)CSc2nnc(-c3ccccc3)o2)sc2c1CCCCC2. The summed E-state index contributed by atoms with van der Waals surface area (Å²) in [5.41, 5.74) is 2.38. The summed E-state index contributed by atoms with van der Waals surface area (Å²) in [4.78, 5) is 26.4. The number of carbonyl (C=O) groups excluding carboxylic acids is 2. The number of rotatable bonds is 7. The number of nitrogens with one attached hydrogen (secondary N) is 1. The lowest BCUT2D eigenvalue weighted by atomic mass is 10.1. The van der Waals surface area contributed by atoms with Gasteiger partial charge in [0.1, 0.15) is 5.00 Å². The molecule has 0 saturated carbocycles. The summed E-state index contributed by atoms with van der Waals surface area (Å²) in [5, 5.41) is 11.8. The topological polar surface area (TPSA) is 94.3 Å². The Bertz CT molecular complexity index is 1060. The van der Waals surface area contributed by atoms with Crippen molar-refractivity contribution in [1.82, 2.24) is 10.2 Å². The number of esters is 1. The number of hydrogen-bond donors (Lipinski definition) is 1. The van der Waals surface area contributed by atoms with Gasteiger partial charge in [-0.2, -0.15) is 0 Å². The number of thiophene rings is 1. The number of aromatic nitrogens is 2. The molecule has 0 saturated heterocycles. The van der Waals surface area contributed by atoms with Crippen molar-refractivity contribution in [3.63, 3.8) is 0 Å². The molecule has 4 rings (SSSR count). The van der Waals surface area contributed by atoms with Gasteiger partial charge in [0.05, 0.1) is 17.9 Å². The third kappa shape index (κ3) is 5.16. The summed E-state index contributed by atoms with van der Waals surface area (Å²) in [6.07, 6.45) is 5.06. The zero-order valence-electron chi connectivity index (χ0n) is 17.2. The highest BCUT2D eigenvalue weighted by Crippen LogP contribution is 2.38. The Labute approximate surface area is 188 Å². The van der Waals surface area contributed by atoms with Crippen molar-refractivity contribution < 1.29 is 18.7 Å². The number of hydrogen-bond acceptors (Lipinski definition) is 8. The Kier molecular flexibility index (Phi) is 7.03. The summed E-state index contributed by atoms with van der Waals surface area (Å²) in [6.45, 7) is 2.08. The van der Waals surface area contributed by atoms with E-state index in [2.05, 4.69) is 15.5 Å². The van der Waals surface area contributed by atoms with Crippen molar-refractivity contribution in [3.05, 3.63) is 46.3 Å². The molecule has 1 aliphatic carbocycles. The molecule has 7 nitrogen and oxygen atoms in total. The van der Waals surface area contributed by atoms with Crippen LogP contribution >= 0.6 is 23.1 Å². The van der Waals surface area contributed by atoms with Crippen LogP contribution in [-0.4, -0.2) is 34.4 Å². The molecule has 1 N–H and O–H groups in total. The van der Waals surface area contributed by atoms with Crippen molar-refractivity contribution in [3.8, 4) is 11.5 Å². The molecule has 0 radical (unpaired) electrons. The fourth-order valence-corrected chi connectivity index (χ4v) is 5.36. The molecule has 0 aliphatic heterocycles. The van der Waals surface area contributed by atoms with Crippen molar-refractivity contribution in [2.75, 3.05) is 17.7 Å². The summed E-state index contributed by atoms with van der Waals surface area (Å²) < 4.78 is 10.9. The number of nitrogens with zero attached hydrogens (tertiary/aromatic N) is 2. The summed E-state index contributed by atoms with van der Waals surface area (Å²) in [7, 11) is 0. The molecule has 31 heavy (non-hydrogen) atoms. The predicted molar refractivity (Wildman–Crippen MR) is 121 cm³/mol. The Hall–Kier alpha value is -2.65. The molecule has 162 valence electrons. The molecule has 1 amide bonds. The minimum Gasteiger partial charge on any atom is -0.462 e. The molecule has 1 aromatic carbocycles. The fourth-order valence-electron chi connectivity index (χ4n) is 3.51. The van der Waals surface area contributed by atoms with E-state index in [1.165, 1.54) is 16.2 Å². The van der Waals surface area contributed by atoms with Gasteiger partial charge in [0.2, 0.25) is 11.8 Å². The van der Waals surface area contributed by atoms with Crippen LogP contribution < -0.4 is 5.32 Å². The lowest BCUT2D eigenvalue weighted by Gasteiger charge is -2.08. The molecule has 1 aliphatic rings. The molecule has 9 heteroatoms. The second-order valence-corrected chi connectivity index (χ2v) is 9.10. The minimum absolute atomic E-state index is 0.0985. The van der Waals surface area contributed by atoms with Crippen LogP contribution in [0.3, 0.4) is 0 Å². The van der Waals surface area contributed by atoms with E-state index in [9.17, 15) is 9.59 Å². The summed E-state index contributed by atoms with van der Waals surface area (Å²) >= 11 is 2.65. The number of thioether (sulfide) groups is 1. The van der Waals surface area contributed by atoms with Gasteiger partial charge in [-0.3, -0.25) is 4.79 Å². The van der Waals surface area contributed by atoms with Crippen LogP contribution in [0.15, 0.2) is 40.0 Å². The number of benzene rings is 1. The number of fused-ring (bicyclic) bond motifs is 1. The third-order valence-corrected chi connectivity index (χ3v) is 6.93. The highest BCUT2D eigenvalue weighted by molar-refractivity contribution is 7.99. The van der Waals surface area contributed by atoms with Crippen LogP contribution in [0.1, 0.15) is 47.0 Å². The zero-order chi connectivity index (χ0) is 21.6. The van der Waals surface area contributed by atoms with E-state index in [0.717, 1.165) is 55.0 Å². The highest BCUT2D eigenvalue weighted by Gasteiger charge is 2.26. The fraction of sp³-hybridized carbons (Fsp3) is 0.364. The normalized spacial score (nSPS) is 13.3. The van der Waals surface area contributed by atoms with Gasteiger partial charge in [-0.05, 0) is 50.3 Å². The lowest BCUT2D eigenvalue weighted by Crippen LogP contribution is -2.16. The number of anilines is 1. The summed E-state index contributed by atoms with van der Waals surface area (Å²) in [5.74, 6) is -0.0860. The van der Waals surface area contributed by atoms with Crippen LogP contribution in [0, 0.1) is 0 Å². The van der Waals surface area contributed by atoms with Gasteiger partial charge >= 0.3 is 5.97 Å². The number of amides is 1. The maximum Gasteiger partial charge on any atom is 0.341 e. The van der Waals surface area contributed by atoms with Crippen molar-refractivity contribution >= 4 is 40.0 Å². The predicted octanol–water partition coefficient (Wildman–Crippen LogP) is 4.97. The van der Waals surface area contributed by atoms with Gasteiger partial charge in [-0.15, -0.1) is 21.5 Å². The number of ether oxygens (including phenoxy) is 1. The standard InChI is InChI=1S/C22H23N3O4S2/c1-2-28-21(27)18-15-11-7-4-8-12-16(15)31-20(18)23-17(26)13-30-22-25-24-19(29-22)14-9-5-3-6-10-14/h3,5-6,9-10H,2,4,7-8,11-13H2,1H3,(H,23,26). The molecular weight excluding hydrogens is 434 g/mol. The molecule has 0 bridgehead atoms. The van der Waals surface area contributed by atoms with Crippen molar-refractivity contribution in [1.29, 1.82) is 0 Å². The largest absolute Gasteiger partial charge is 0.462 e. The van der Waals surface area contributed by atoms with E-state index in [1.807, 2.05) is 30.3 Å². The quantitative estimate of drug-likeness (QED) is 0.304. The van der Waals surface area contributed by atoms with E-state index in [4.69, 9.17) is 9.15 Å². The van der Waals surface area contributed by atoms with E-state index >= 15 is 0 Å². The van der Waals surface area contributed by atoms with Crippen LogP contribution in [-0.2, 0) is 22.4 Å². The Morgan fingerprint density at radius 1 is 1.16 bits per heavy atom. The van der Waals surface area contributed by atoms with E-state index in [1.54, 1.807) is 6.92 Å². The van der Waals surface area contributed by atoms with E-state index < -0.39 is 0 Å². The maximum absolute atomic E-state index is 12.6. The van der Waals surface area contributed by atoms with Crippen LogP contribution in [0.5, 0.6) is 0 Å². The van der Waals surface area contributed by atoms with Gasteiger partial charge < -0.3 is 14.5 Å². The molecular formula is C22H23N3O4S2. The van der Waals surface area contributed by atoms with E-state index in [-0.39, 0.29) is 17.6 Å². The minimum atomic E-state index is -0.366. The van der Waals surface area contributed by atoms with Gasteiger partial charge in [-0.1, -0.05) is 36.4 Å². The first-order valence-corrected chi connectivity index (χ1v) is 12.1. The van der Waals surface area contributed by atoms with Gasteiger partial charge in [0, 0.05) is 10.4 Å². The van der Waals surface area contributed by atoms with Gasteiger partial charge in [0.15, 0.2) is 0 Å². The van der Waals surface area contributed by atoms with Crippen LogP contribution in [0.2, 0.25) is 0 Å². The first kappa shape index (κ1) is 21.6. The summed E-state index contributed by atoms with van der Waals surface area (Å²) in [6, 6.07) is 9.46. The molecule has 2 heterocycles. The highest BCUT2D eigenvalue weighted by atomic mass is 32.2. The maximum atomic E-state index is 12.6. The van der Waals surface area contributed by atoms with Gasteiger partial charge in [-0.25, -0.2) is 4.79 Å². The number of carbonyl (C=O) groups is 2. The molecule has 2 aromatic heterocycles. The van der Waals surface area contributed by atoms with E-state index in [0.29, 0.717) is 28.3 Å². The molecule has 0 spiro atoms. The van der Waals surface area contributed by atoms with Crippen LogP contribution in [0.25, 0.3) is 11.5 Å². The Balaban J connectivity index is 1.44. The average molecular weight is 458 g/mol. The number of aryl methyl sites for hydroxylation is 1. The molecule has 0 unspecified atom stereocenters.